The summed E-state index contributed by atoms with van der Waals surface area (Å²) in [6.07, 6.45) is 16.8. The van der Waals surface area contributed by atoms with Gasteiger partial charge in [0.2, 0.25) is 0 Å². The Kier molecular flexibility index (Phi) is 5.69. The van der Waals surface area contributed by atoms with Crippen molar-refractivity contribution in [1.29, 1.82) is 0 Å². The van der Waals surface area contributed by atoms with E-state index in [0.29, 0.717) is 22.1 Å². The first-order valence-electron chi connectivity index (χ1n) is 14.4. The van der Waals surface area contributed by atoms with Gasteiger partial charge in [0.1, 0.15) is 5.82 Å². The van der Waals surface area contributed by atoms with Gasteiger partial charge in [-0.3, -0.25) is 4.79 Å². The molecule has 1 N–H and O–H groups in total. The number of nitrogens with one attached hydrogen (secondary N) is 1. The second kappa shape index (κ2) is 8.49. The van der Waals surface area contributed by atoms with E-state index in [1.807, 2.05) is 24.3 Å². The SMILES string of the molecule is C[C@H](CCc1nc2ccccc2c(=O)[nH]1)C1CCC2C3CCC4CCCCC4(C)C3CCC21C. The summed E-state index contributed by atoms with van der Waals surface area (Å²) < 4.78 is 0. The fraction of sp³-hybridized carbons (Fsp3) is 0.742. The Morgan fingerprint density at radius 1 is 0.971 bits per heavy atom. The summed E-state index contributed by atoms with van der Waals surface area (Å²) in [6.45, 7) is 7.86. The van der Waals surface area contributed by atoms with E-state index < -0.39 is 0 Å². The monoisotopic (exact) mass is 460 g/mol. The average molecular weight is 461 g/mol. The molecule has 0 amide bonds. The molecule has 3 nitrogen and oxygen atoms in total. The van der Waals surface area contributed by atoms with Crippen LogP contribution in [0.4, 0.5) is 0 Å². The van der Waals surface area contributed by atoms with Crippen molar-refractivity contribution in [3.05, 3.63) is 40.4 Å². The Hall–Kier alpha value is -1.64. The number of aryl methyl sites for hydroxylation is 1. The molecular formula is C31H44N2O. The second-order valence-electron chi connectivity index (χ2n) is 13.2. The number of para-hydroxylation sites is 1. The molecule has 6 rings (SSSR count). The molecule has 0 spiro atoms. The quantitative estimate of drug-likeness (QED) is 0.512. The molecule has 1 aromatic heterocycles. The van der Waals surface area contributed by atoms with Crippen LogP contribution in [0.25, 0.3) is 10.9 Å². The van der Waals surface area contributed by atoms with E-state index in [2.05, 4.69) is 25.8 Å². The van der Waals surface area contributed by atoms with Gasteiger partial charge in [0.15, 0.2) is 0 Å². The van der Waals surface area contributed by atoms with Gasteiger partial charge < -0.3 is 4.98 Å². The van der Waals surface area contributed by atoms with Crippen molar-refractivity contribution in [2.45, 2.75) is 97.8 Å². The van der Waals surface area contributed by atoms with Crippen LogP contribution in [0.1, 0.15) is 97.2 Å². The first-order valence-corrected chi connectivity index (χ1v) is 14.4. The molecule has 4 aliphatic carbocycles. The molecule has 8 atom stereocenters. The molecule has 0 radical (unpaired) electrons. The van der Waals surface area contributed by atoms with E-state index >= 15 is 0 Å². The summed E-state index contributed by atoms with van der Waals surface area (Å²) in [5.41, 5.74) is 1.99. The Labute approximate surface area is 205 Å². The molecule has 0 saturated heterocycles. The summed E-state index contributed by atoms with van der Waals surface area (Å²) in [5, 5.41) is 0.698. The van der Waals surface area contributed by atoms with E-state index in [-0.39, 0.29) is 5.56 Å². The minimum absolute atomic E-state index is 0.00581. The zero-order chi connectivity index (χ0) is 23.5. The molecule has 4 saturated carbocycles. The maximum absolute atomic E-state index is 12.5. The molecule has 184 valence electrons. The summed E-state index contributed by atoms with van der Waals surface area (Å²) in [7, 11) is 0. The van der Waals surface area contributed by atoms with Crippen molar-refractivity contribution < 1.29 is 0 Å². The third-order valence-corrected chi connectivity index (χ3v) is 11.8. The number of fused-ring (bicyclic) bond motifs is 6. The maximum Gasteiger partial charge on any atom is 0.258 e. The van der Waals surface area contributed by atoms with Gasteiger partial charge in [0, 0.05) is 6.42 Å². The summed E-state index contributed by atoms with van der Waals surface area (Å²) in [6, 6.07) is 7.71. The van der Waals surface area contributed by atoms with Crippen molar-refractivity contribution in [2.75, 3.05) is 0 Å². The van der Waals surface area contributed by atoms with Crippen LogP contribution in [0.5, 0.6) is 0 Å². The van der Waals surface area contributed by atoms with Crippen molar-refractivity contribution in [3.8, 4) is 0 Å². The normalized spacial score (nSPS) is 40.4. The number of hydrogen-bond donors (Lipinski definition) is 1. The Balaban J connectivity index is 1.16. The number of benzene rings is 1. The fourth-order valence-corrected chi connectivity index (χ4v) is 10.1. The third-order valence-electron chi connectivity index (χ3n) is 11.8. The van der Waals surface area contributed by atoms with E-state index in [4.69, 9.17) is 4.98 Å². The molecular weight excluding hydrogens is 416 g/mol. The fourth-order valence-electron chi connectivity index (χ4n) is 10.1. The minimum atomic E-state index is 0.00581. The van der Waals surface area contributed by atoms with Crippen LogP contribution in [0, 0.1) is 46.3 Å². The number of H-pyrrole nitrogens is 1. The highest BCUT2D eigenvalue weighted by atomic mass is 16.1. The second-order valence-corrected chi connectivity index (χ2v) is 13.2. The molecule has 1 aromatic carbocycles. The summed E-state index contributed by atoms with van der Waals surface area (Å²) in [5.74, 6) is 6.30. The number of rotatable bonds is 4. The highest BCUT2D eigenvalue weighted by Gasteiger charge is 2.60. The zero-order valence-corrected chi connectivity index (χ0v) is 21.6. The van der Waals surface area contributed by atoms with Crippen LogP contribution in [-0.2, 0) is 6.42 Å². The molecule has 2 aromatic rings. The molecule has 34 heavy (non-hydrogen) atoms. The lowest BCUT2D eigenvalue weighted by molar-refractivity contribution is -0.114. The van der Waals surface area contributed by atoms with Crippen molar-refractivity contribution in [1.82, 2.24) is 9.97 Å². The van der Waals surface area contributed by atoms with Crippen LogP contribution in [0.3, 0.4) is 0 Å². The highest BCUT2D eigenvalue weighted by molar-refractivity contribution is 5.77. The van der Waals surface area contributed by atoms with Gasteiger partial charge in [-0.05, 0) is 116 Å². The molecule has 0 aliphatic heterocycles. The van der Waals surface area contributed by atoms with E-state index in [9.17, 15) is 4.79 Å². The van der Waals surface area contributed by atoms with E-state index in [0.717, 1.165) is 53.8 Å². The number of aromatic nitrogens is 2. The van der Waals surface area contributed by atoms with Gasteiger partial charge in [-0.15, -0.1) is 0 Å². The van der Waals surface area contributed by atoms with Gasteiger partial charge in [-0.1, -0.05) is 45.7 Å². The van der Waals surface area contributed by atoms with Gasteiger partial charge in [-0.25, -0.2) is 4.98 Å². The van der Waals surface area contributed by atoms with Crippen LogP contribution >= 0.6 is 0 Å². The van der Waals surface area contributed by atoms with E-state index in [1.54, 1.807) is 0 Å². The number of hydrogen-bond acceptors (Lipinski definition) is 2. The summed E-state index contributed by atoms with van der Waals surface area (Å²) >= 11 is 0. The highest BCUT2D eigenvalue weighted by Crippen LogP contribution is 2.68. The van der Waals surface area contributed by atoms with Crippen LogP contribution in [0.15, 0.2) is 29.1 Å². The third kappa shape index (κ3) is 3.51. The molecule has 7 unspecified atom stereocenters. The van der Waals surface area contributed by atoms with Crippen molar-refractivity contribution in [3.63, 3.8) is 0 Å². The molecule has 1 heterocycles. The number of aromatic amines is 1. The predicted octanol–water partition coefficient (Wildman–Crippen LogP) is 7.54. The van der Waals surface area contributed by atoms with Gasteiger partial charge >= 0.3 is 0 Å². The maximum atomic E-state index is 12.5. The molecule has 0 bridgehead atoms. The first-order chi connectivity index (χ1) is 16.4. The van der Waals surface area contributed by atoms with Gasteiger partial charge in [-0.2, -0.15) is 0 Å². The lowest BCUT2D eigenvalue weighted by Gasteiger charge is -2.61. The Bertz CT molecular complexity index is 1110. The minimum Gasteiger partial charge on any atom is -0.310 e. The lowest BCUT2D eigenvalue weighted by atomic mass is 9.44. The summed E-state index contributed by atoms with van der Waals surface area (Å²) in [4.78, 5) is 20.3. The number of nitrogens with zero attached hydrogens (tertiary/aromatic N) is 1. The first kappa shape index (κ1) is 22.8. The van der Waals surface area contributed by atoms with Gasteiger partial charge in [0.25, 0.3) is 5.56 Å². The zero-order valence-electron chi connectivity index (χ0n) is 21.6. The van der Waals surface area contributed by atoms with E-state index in [1.165, 1.54) is 64.2 Å². The predicted molar refractivity (Wildman–Crippen MR) is 140 cm³/mol. The van der Waals surface area contributed by atoms with Crippen molar-refractivity contribution >= 4 is 10.9 Å². The van der Waals surface area contributed by atoms with Crippen LogP contribution < -0.4 is 5.56 Å². The lowest BCUT2D eigenvalue weighted by Crippen LogP contribution is -2.53. The molecule has 3 heteroatoms. The molecule has 4 fully saturated rings. The molecule has 4 aliphatic rings. The van der Waals surface area contributed by atoms with Gasteiger partial charge in [0.05, 0.1) is 10.9 Å². The Morgan fingerprint density at radius 3 is 2.68 bits per heavy atom. The van der Waals surface area contributed by atoms with Crippen molar-refractivity contribution in [2.24, 2.45) is 46.3 Å². The topological polar surface area (TPSA) is 45.8 Å². The largest absolute Gasteiger partial charge is 0.310 e. The van der Waals surface area contributed by atoms with Crippen LogP contribution in [0.2, 0.25) is 0 Å². The Morgan fingerprint density at radius 2 is 1.79 bits per heavy atom. The standard InChI is InChI=1S/C31H44N2O/c1-20(11-16-28-32-27-10-5-4-9-23(27)29(34)33-28)24-14-15-25-22-13-12-21-8-6-7-18-30(21,2)26(22)17-19-31(24,25)3/h4-5,9-10,20-22,24-26H,6-8,11-19H2,1-3H3,(H,32,33,34)/t20-,21?,22?,24?,25?,26?,30?,31?/m1/s1. The van der Waals surface area contributed by atoms with Crippen LogP contribution in [-0.4, -0.2) is 9.97 Å². The average Bonchev–Trinajstić information content (AvgIpc) is 3.19. The smallest absolute Gasteiger partial charge is 0.258 e.